The first-order chi connectivity index (χ1) is 5.49. The maximum atomic E-state index is 11.0. The molecular weight excluding hydrogens is 298 g/mol. The zero-order valence-corrected chi connectivity index (χ0v) is 9.42. The first-order valence-electron chi connectivity index (χ1n) is 3.05. The maximum Gasteiger partial charge on any atom is 0.397 e. The zero-order chi connectivity index (χ0) is 9.78. The monoisotopic (exact) mass is 303 g/mol. The predicted octanol–water partition coefficient (Wildman–Crippen LogP) is 1.31. The van der Waals surface area contributed by atoms with E-state index in [9.17, 15) is 14.9 Å². The lowest BCUT2D eigenvalue weighted by Crippen LogP contribution is -2.43. The van der Waals surface area contributed by atoms with Crippen LogP contribution in [0, 0.1) is 10.1 Å². The van der Waals surface area contributed by atoms with Crippen LogP contribution in [-0.2, 0) is 9.53 Å². The molecule has 0 rings (SSSR count). The summed E-state index contributed by atoms with van der Waals surface area (Å²) < 4.78 is 2.64. The average molecular weight is 305 g/mol. The highest BCUT2D eigenvalue weighted by Crippen LogP contribution is 2.23. The summed E-state index contributed by atoms with van der Waals surface area (Å²) in [6.07, 6.45) is 0. The van der Waals surface area contributed by atoms with E-state index < -0.39 is 15.3 Å². The van der Waals surface area contributed by atoms with E-state index >= 15 is 0 Å². The molecule has 12 heavy (non-hydrogen) atoms. The zero-order valence-electron chi connectivity index (χ0n) is 6.25. The van der Waals surface area contributed by atoms with E-state index in [1.807, 2.05) is 0 Å². The number of hydrogen-bond donors (Lipinski definition) is 0. The van der Waals surface area contributed by atoms with E-state index in [-0.39, 0.29) is 11.9 Å². The second-order valence-electron chi connectivity index (χ2n) is 1.87. The van der Waals surface area contributed by atoms with E-state index in [0.29, 0.717) is 0 Å². The quantitative estimate of drug-likeness (QED) is 0.258. The summed E-state index contributed by atoms with van der Waals surface area (Å²) in [5.41, 5.74) is 0. The second-order valence-corrected chi connectivity index (χ2v) is 3.74. The Bertz CT molecular complexity index is 198. The molecule has 0 aliphatic rings. The summed E-state index contributed by atoms with van der Waals surface area (Å²) in [6, 6.07) is 0. The van der Waals surface area contributed by atoms with Crippen LogP contribution < -0.4 is 0 Å². The number of rotatable bonds is 4. The smallest absolute Gasteiger partial charge is 0.397 e. The number of alkyl halides is 2. The van der Waals surface area contributed by atoms with Crippen LogP contribution in [0.25, 0.3) is 0 Å². The Hall–Kier alpha value is -0.170. The number of nitro groups is 1. The van der Waals surface area contributed by atoms with Crippen molar-refractivity contribution in [1.29, 1.82) is 0 Å². The summed E-state index contributed by atoms with van der Waals surface area (Å²) in [5.74, 6) is -0.896. The van der Waals surface area contributed by atoms with Crippen molar-refractivity contribution in [2.75, 3.05) is 11.9 Å². The van der Waals surface area contributed by atoms with E-state index in [1.165, 1.54) is 0 Å². The molecule has 0 spiro atoms. The number of halogens is 2. The first-order valence-corrected chi connectivity index (χ1v) is 4.97. The first kappa shape index (κ1) is 11.8. The molecule has 0 radical (unpaired) electrons. The van der Waals surface area contributed by atoms with Crippen LogP contribution in [0.5, 0.6) is 0 Å². The number of esters is 1. The molecule has 0 aromatic carbocycles. The van der Waals surface area contributed by atoms with Gasteiger partial charge in [0.25, 0.3) is 0 Å². The van der Waals surface area contributed by atoms with Gasteiger partial charge in [-0.2, -0.15) is 0 Å². The van der Waals surface area contributed by atoms with Gasteiger partial charge in [0.1, 0.15) is 0 Å². The second kappa shape index (κ2) is 4.76. The molecule has 1 atom stereocenters. The number of carbonyl (C=O) groups excluding carboxylic acids is 1. The summed E-state index contributed by atoms with van der Waals surface area (Å²) >= 11 is 5.55. The number of ether oxygens (including phenoxy) is 1. The van der Waals surface area contributed by atoms with Crippen molar-refractivity contribution in [1.82, 2.24) is 0 Å². The molecule has 0 N–H and O–H groups in total. The Labute approximate surface area is 85.9 Å². The normalized spacial score (nSPS) is 14.9. The molecule has 0 heterocycles. The van der Waals surface area contributed by atoms with Crippen LogP contribution >= 0.6 is 31.9 Å². The molecule has 0 aliphatic carbocycles. The van der Waals surface area contributed by atoms with Gasteiger partial charge in [-0.15, -0.1) is 0 Å². The van der Waals surface area contributed by atoms with Gasteiger partial charge in [0.2, 0.25) is 0 Å². The molecule has 0 saturated heterocycles. The van der Waals surface area contributed by atoms with E-state index in [0.717, 1.165) is 0 Å². The van der Waals surface area contributed by atoms with Gasteiger partial charge in [-0.25, -0.2) is 4.79 Å². The van der Waals surface area contributed by atoms with Gasteiger partial charge in [0.05, 0.1) is 16.9 Å². The van der Waals surface area contributed by atoms with Crippen LogP contribution in [0.4, 0.5) is 0 Å². The number of hydrogen-bond acceptors (Lipinski definition) is 4. The summed E-state index contributed by atoms with van der Waals surface area (Å²) in [5, 5.41) is 10.3. The molecule has 0 aromatic heterocycles. The molecule has 0 amide bonds. The summed E-state index contributed by atoms with van der Waals surface area (Å²) in [7, 11) is 0. The summed E-state index contributed by atoms with van der Waals surface area (Å²) in [4.78, 5) is 20.7. The largest absolute Gasteiger partial charge is 0.460 e. The molecule has 1 unspecified atom stereocenters. The Morgan fingerprint density at radius 2 is 2.25 bits per heavy atom. The number of carbonyl (C=O) groups is 1. The van der Waals surface area contributed by atoms with Crippen molar-refractivity contribution in [3.05, 3.63) is 10.1 Å². The van der Waals surface area contributed by atoms with Crippen LogP contribution in [0.3, 0.4) is 0 Å². The van der Waals surface area contributed by atoms with E-state index in [4.69, 9.17) is 0 Å². The Morgan fingerprint density at radius 3 is 2.50 bits per heavy atom. The SMILES string of the molecule is CCOC(=O)C(Br)(CBr)[N+](=O)[O-]. The molecule has 0 saturated carbocycles. The van der Waals surface area contributed by atoms with E-state index in [1.54, 1.807) is 6.92 Å². The predicted molar refractivity (Wildman–Crippen MR) is 49.1 cm³/mol. The van der Waals surface area contributed by atoms with Crippen LogP contribution in [0.15, 0.2) is 0 Å². The fourth-order valence-electron chi connectivity index (χ4n) is 0.420. The molecule has 5 nitrogen and oxygen atoms in total. The van der Waals surface area contributed by atoms with Crippen LogP contribution in [0.1, 0.15) is 6.92 Å². The highest BCUT2D eigenvalue weighted by molar-refractivity contribution is 9.12. The highest BCUT2D eigenvalue weighted by Gasteiger charge is 2.49. The maximum absolute atomic E-state index is 11.0. The molecule has 0 aromatic rings. The third-order valence-electron chi connectivity index (χ3n) is 1.05. The standard InChI is InChI=1S/C5H7Br2NO4/c1-2-12-4(9)5(7,3-6)8(10)11/h2-3H2,1H3. The van der Waals surface area contributed by atoms with Crippen molar-refractivity contribution in [3.8, 4) is 0 Å². The fraction of sp³-hybridized carbons (Fsp3) is 0.800. The molecular formula is C5H7Br2NO4. The Kier molecular flexibility index (Phi) is 4.69. The van der Waals surface area contributed by atoms with Gasteiger partial charge in [0, 0.05) is 15.9 Å². The molecule has 70 valence electrons. The van der Waals surface area contributed by atoms with E-state index in [2.05, 4.69) is 36.6 Å². The van der Waals surface area contributed by atoms with Crippen LogP contribution in [-0.4, -0.2) is 27.3 Å². The average Bonchev–Trinajstić information content (AvgIpc) is 2.03. The van der Waals surface area contributed by atoms with Crippen molar-refractivity contribution in [3.63, 3.8) is 0 Å². The van der Waals surface area contributed by atoms with Gasteiger partial charge >= 0.3 is 10.4 Å². The minimum atomic E-state index is -1.86. The minimum absolute atomic E-state index is 0.118. The van der Waals surface area contributed by atoms with Gasteiger partial charge in [-0.3, -0.25) is 10.1 Å². The van der Waals surface area contributed by atoms with Crippen molar-refractivity contribution in [2.24, 2.45) is 0 Å². The van der Waals surface area contributed by atoms with Crippen molar-refractivity contribution < 1.29 is 14.5 Å². The summed E-state index contributed by atoms with van der Waals surface area (Å²) in [6.45, 7) is 1.70. The van der Waals surface area contributed by atoms with Gasteiger partial charge in [-0.05, 0) is 6.92 Å². The van der Waals surface area contributed by atoms with Gasteiger partial charge in [0.15, 0.2) is 0 Å². The van der Waals surface area contributed by atoms with Gasteiger partial charge in [-0.1, -0.05) is 15.9 Å². The molecule has 0 fully saturated rings. The topological polar surface area (TPSA) is 69.4 Å². The fourth-order valence-corrected chi connectivity index (χ4v) is 0.968. The minimum Gasteiger partial charge on any atom is -0.460 e. The third kappa shape index (κ3) is 2.41. The molecule has 0 aliphatic heterocycles. The lowest BCUT2D eigenvalue weighted by Gasteiger charge is -2.13. The van der Waals surface area contributed by atoms with Gasteiger partial charge < -0.3 is 4.74 Å². The lowest BCUT2D eigenvalue weighted by molar-refractivity contribution is -0.516. The molecule has 7 heteroatoms. The van der Waals surface area contributed by atoms with Crippen LogP contribution in [0.2, 0.25) is 0 Å². The lowest BCUT2D eigenvalue weighted by atomic mass is 10.4. The highest BCUT2D eigenvalue weighted by atomic mass is 79.9. The Morgan fingerprint density at radius 1 is 1.75 bits per heavy atom. The molecule has 0 bridgehead atoms. The number of nitrogens with zero attached hydrogens (tertiary/aromatic N) is 1. The van der Waals surface area contributed by atoms with Crippen molar-refractivity contribution >= 4 is 37.8 Å². The van der Waals surface area contributed by atoms with Crippen molar-refractivity contribution in [2.45, 2.75) is 11.4 Å². The Balaban J connectivity index is 4.52. The third-order valence-corrected chi connectivity index (χ3v) is 3.51.